The molecular formula is C30H28O3. The molecule has 166 valence electrons. The van der Waals surface area contributed by atoms with Gasteiger partial charge in [-0.3, -0.25) is 4.79 Å². The molecule has 4 aromatic carbocycles. The summed E-state index contributed by atoms with van der Waals surface area (Å²) in [5.74, 6) is 2.04. The van der Waals surface area contributed by atoms with Gasteiger partial charge in [0.25, 0.3) is 0 Å². The Kier molecular flexibility index (Phi) is 6.32. The number of hydrogen-bond acceptors (Lipinski definition) is 3. The molecule has 0 aromatic heterocycles. The van der Waals surface area contributed by atoms with E-state index in [0.29, 0.717) is 22.6 Å². The SMILES string of the molecule is COc1ccc(C(C)(C)c2ccc(Oc3cc(C)ccc3C(=O)c3ccccc3)cc2)cc1. The molecule has 0 spiro atoms. The first-order valence-corrected chi connectivity index (χ1v) is 11.0. The molecule has 0 atom stereocenters. The van der Waals surface area contributed by atoms with Gasteiger partial charge in [-0.25, -0.2) is 0 Å². The van der Waals surface area contributed by atoms with E-state index in [-0.39, 0.29) is 11.2 Å². The second-order valence-corrected chi connectivity index (χ2v) is 8.67. The lowest BCUT2D eigenvalue weighted by Gasteiger charge is -2.26. The Morgan fingerprint density at radius 2 is 1.30 bits per heavy atom. The Morgan fingerprint density at radius 1 is 0.727 bits per heavy atom. The molecule has 0 saturated heterocycles. The minimum absolute atomic E-state index is 0.0529. The molecular weight excluding hydrogens is 408 g/mol. The van der Waals surface area contributed by atoms with Gasteiger partial charge in [-0.05, 0) is 60.0 Å². The molecule has 0 aliphatic heterocycles. The summed E-state index contributed by atoms with van der Waals surface area (Å²) in [6.45, 7) is 6.38. The molecule has 0 fully saturated rings. The summed E-state index contributed by atoms with van der Waals surface area (Å²) < 4.78 is 11.5. The van der Waals surface area contributed by atoms with E-state index in [1.165, 1.54) is 11.1 Å². The normalized spacial score (nSPS) is 11.2. The minimum Gasteiger partial charge on any atom is -0.497 e. The fourth-order valence-corrected chi connectivity index (χ4v) is 3.89. The molecule has 33 heavy (non-hydrogen) atoms. The van der Waals surface area contributed by atoms with Crippen molar-refractivity contribution in [3.8, 4) is 17.2 Å². The fourth-order valence-electron chi connectivity index (χ4n) is 3.89. The third-order valence-electron chi connectivity index (χ3n) is 6.03. The van der Waals surface area contributed by atoms with Crippen LogP contribution < -0.4 is 9.47 Å². The highest BCUT2D eigenvalue weighted by Gasteiger charge is 2.23. The molecule has 0 heterocycles. The lowest BCUT2D eigenvalue weighted by molar-refractivity contribution is 0.103. The van der Waals surface area contributed by atoms with Gasteiger partial charge in [0.2, 0.25) is 0 Å². The number of carbonyl (C=O) groups is 1. The molecule has 0 bridgehead atoms. The van der Waals surface area contributed by atoms with Crippen molar-refractivity contribution in [2.24, 2.45) is 0 Å². The van der Waals surface area contributed by atoms with E-state index in [1.807, 2.05) is 79.7 Å². The van der Waals surface area contributed by atoms with Crippen LogP contribution in [0.2, 0.25) is 0 Å². The Morgan fingerprint density at radius 3 is 1.88 bits per heavy atom. The highest BCUT2D eigenvalue weighted by Crippen LogP contribution is 2.35. The predicted octanol–water partition coefficient (Wildman–Crippen LogP) is 7.35. The van der Waals surface area contributed by atoms with Crippen LogP contribution in [0.3, 0.4) is 0 Å². The number of rotatable bonds is 7. The topological polar surface area (TPSA) is 35.5 Å². The van der Waals surface area contributed by atoms with E-state index < -0.39 is 0 Å². The molecule has 4 rings (SSSR count). The van der Waals surface area contributed by atoms with E-state index in [1.54, 1.807) is 7.11 Å². The largest absolute Gasteiger partial charge is 0.497 e. The molecule has 0 amide bonds. The van der Waals surface area contributed by atoms with Crippen LogP contribution in [0.25, 0.3) is 0 Å². The third-order valence-corrected chi connectivity index (χ3v) is 6.03. The van der Waals surface area contributed by atoms with Crippen molar-refractivity contribution in [3.63, 3.8) is 0 Å². The van der Waals surface area contributed by atoms with Crippen molar-refractivity contribution in [2.45, 2.75) is 26.2 Å². The van der Waals surface area contributed by atoms with Crippen molar-refractivity contribution >= 4 is 5.78 Å². The lowest BCUT2D eigenvalue weighted by atomic mass is 9.78. The van der Waals surface area contributed by atoms with Crippen molar-refractivity contribution in [2.75, 3.05) is 7.11 Å². The molecule has 3 nitrogen and oxygen atoms in total. The number of ketones is 1. The molecule has 0 aliphatic carbocycles. The van der Waals surface area contributed by atoms with E-state index >= 15 is 0 Å². The highest BCUT2D eigenvalue weighted by atomic mass is 16.5. The molecule has 0 unspecified atom stereocenters. The summed E-state index contributed by atoms with van der Waals surface area (Å²) in [6.07, 6.45) is 0. The highest BCUT2D eigenvalue weighted by molar-refractivity contribution is 6.10. The number of ether oxygens (including phenoxy) is 2. The van der Waals surface area contributed by atoms with Crippen LogP contribution in [-0.2, 0) is 5.41 Å². The van der Waals surface area contributed by atoms with Crippen LogP contribution in [0.15, 0.2) is 97.1 Å². The zero-order valence-electron chi connectivity index (χ0n) is 19.5. The van der Waals surface area contributed by atoms with Crippen molar-refractivity contribution in [3.05, 3.63) is 125 Å². The van der Waals surface area contributed by atoms with Crippen LogP contribution in [0.1, 0.15) is 46.5 Å². The zero-order valence-corrected chi connectivity index (χ0v) is 19.5. The maximum atomic E-state index is 13.1. The summed E-state index contributed by atoms with van der Waals surface area (Å²) in [7, 11) is 1.67. The first-order valence-electron chi connectivity index (χ1n) is 11.0. The number of methoxy groups -OCH3 is 1. The molecule has 3 heteroatoms. The Bertz CT molecular complexity index is 1240. The van der Waals surface area contributed by atoms with Crippen molar-refractivity contribution < 1.29 is 14.3 Å². The second-order valence-electron chi connectivity index (χ2n) is 8.67. The van der Waals surface area contributed by atoms with Crippen LogP contribution in [0, 0.1) is 6.92 Å². The van der Waals surface area contributed by atoms with Gasteiger partial charge in [0, 0.05) is 11.0 Å². The Balaban J connectivity index is 1.59. The maximum absolute atomic E-state index is 13.1. The van der Waals surface area contributed by atoms with Gasteiger partial charge < -0.3 is 9.47 Å². The summed E-state index contributed by atoms with van der Waals surface area (Å²) in [5, 5.41) is 0. The first-order chi connectivity index (χ1) is 15.9. The summed E-state index contributed by atoms with van der Waals surface area (Å²) in [5.41, 5.74) is 4.42. The number of benzene rings is 4. The molecule has 4 aromatic rings. The van der Waals surface area contributed by atoms with E-state index in [2.05, 4.69) is 38.1 Å². The van der Waals surface area contributed by atoms with Gasteiger partial charge in [-0.1, -0.05) is 74.5 Å². The average Bonchev–Trinajstić information content (AvgIpc) is 2.85. The average molecular weight is 437 g/mol. The molecule has 0 aliphatic rings. The van der Waals surface area contributed by atoms with Crippen LogP contribution >= 0.6 is 0 Å². The Labute approximate surface area is 195 Å². The van der Waals surface area contributed by atoms with Gasteiger partial charge >= 0.3 is 0 Å². The van der Waals surface area contributed by atoms with E-state index in [9.17, 15) is 4.79 Å². The third kappa shape index (κ3) is 4.83. The zero-order chi connectivity index (χ0) is 23.4. The van der Waals surface area contributed by atoms with Crippen LogP contribution in [0.4, 0.5) is 0 Å². The van der Waals surface area contributed by atoms with Crippen molar-refractivity contribution in [1.82, 2.24) is 0 Å². The first kappa shape index (κ1) is 22.3. The predicted molar refractivity (Wildman–Crippen MR) is 133 cm³/mol. The summed E-state index contributed by atoms with van der Waals surface area (Å²) in [6, 6.07) is 31.2. The Hall–Kier alpha value is -3.85. The fraction of sp³-hybridized carbons (Fsp3) is 0.167. The monoisotopic (exact) mass is 436 g/mol. The second kappa shape index (κ2) is 9.33. The summed E-state index contributed by atoms with van der Waals surface area (Å²) in [4.78, 5) is 13.1. The van der Waals surface area contributed by atoms with Crippen LogP contribution in [-0.4, -0.2) is 12.9 Å². The number of carbonyl (C=O) groups excluding carboxylic acids is 1. The minimum atomic E-state index is -0.178. The standard InChI is InChI=1S/C30H28O3/c1-21-10-19-27(29(31)22-8-6-5-7-9-22)28(20-21)33-26-17-13-24(14-18-26)30(2,3)23-11-15-25(32-4)16-12-23/h5-20H,1-4H3. The molecule has 0 radical (unpaired) electrons. The van der Waals surface area contributed by atoms with Crippen LogP contribution in [0.5, 0.6) is 17.2 Å². The molecule has 0 N–H and O–H groups in total. The van der Waals surface area contributed by atoms with Gasteiger partial charge in [-0.15, -0.1) is 0 Å². The summed E-state index contributed by atoms with van der Waals surface area (Å²) >= 11 is 0. The smallest absolute Gasteiger partial charge is 0.196 e. The van der Waals surface area contributed by atoms with Gasteiger partial charge in [0.1, 0.15) is 17.2 Å². The van der Waals surface area contributed by atoms with E-state index in [4.69, 9.17) is 9.47 Å². The number of hydrogen-bond donors (Lipinski definition) is 0. The van der Waals surface area contributed by atoms with E-state index in [0.717, 1.165) is 11.3 Å². The van der Waals surface area contributed by atoms with Crippen molar-refractivity contribution in [1.29, 1.82) is 0 Å². The van der Waals surface area contributed by atoms with Gasteiger partial charge in [0.05, 0.1) is 12.7 Å². The van der Waals surface area contributed by atoms with Gasteiger partial charge in [0.15, 0.2) is 5.78 Å². The number of aryl methyl sites for hydroxylation is 1. The quantitative estimate of drug-likeness (QED) is 0.284. The lowest BCUT2D eigenvalue weighted by Crippen LogP contribution is -2.18. The van der Waals surface area contributed by atoms with Gasteiger partial charge in [-0.2, -0.15) is 0 Å². The molecule has 0 saturated carbocycles. The maximum Gasteiger partial charge on any atom is 0.196 e.